The average molecular weight is 516 g/mol. The monoisotopic (exact) mass is 515 g/mol. The van der Waals surface area contributed by atoms with Gasteiger partial charge >= 0.3 is 0 Å². The number of hydrogen-bond acceptors (Lipinski definition) is 3. The molecule has 0 bridgehead atoms. The molecule has 0 unspecified atom stereocenters. The van der Waals surface area contributed by atoms with E-state index in [4.69, 9.17) is 4.74 Å². The van der Waals surface area contributed by atoms with Crippen LogP contribution in [0.5, 0.6) is 0 Å². The van der Waals surface area contributed by atoms with Gasteiger partial charge in [0.15, 0.2) is 0 Å². The molecule has 5 fully saturated rings. The van der Waals surface area contributed by atoms with Crippen molar-refractivity contribution >= 4 is 5.78 Å². The zero-order chi connectivity index (χ0) is 26.2. The largest absolute Gasteiger partial charge is 0.369 e. The number of nitrogens with zero attached hydrogens (tertiary/aromatic N) is 1. The number of rotatable bonds is 2. The number of hydrogen-bond donors (Lipinski definition) is 0. The molecule has 1 aromatic carbocycles. The molecule has 1 aromatic rings. The Balaban J connectivity index is 1.15. The number of likely N-dealkylation sites (tertiary alicyclic amines) is 1. The van der Waals surface area contributed by atoms with Crippen molar-refractivity contribution in [2.24, 2.45) is 40.9 Å². The minimum Gasteiger partial charge on any atom is -0.369 e. The molecular weight excluding hydrogens is 466 g/mol. The summed E-state index contributed by atoms with van der Waals surface area (Å²) < 4.78 is 7.30. The molecule has 7 rings (SSSR count). The van der Waals surface area contributed by atoms with Crippen LogP contribution in [0.4, 0.5) is 0 Å². The van der Waals surface area contributed by atoms with Gasteiger partial charge in [0.1, 0.15) is 5.78 Å². The van der Waals surface area contributed by atoms with Gasteiger partial charge in [0.2, 0.25) is 0 Å². The summed E-state index contributed by atoms with van der Waals surface area (Å²) in [6.07, 6.45) is 12.0. The van der Waals surface area contributed by atoms with Crippen molar-refractivity contribution < 1.29 is 9.53 Å². The Morgan fingerprint density at radius 3 is 2.68 bits per heavy atom. The van der Waals surface area contributed by atoms with Gasteiger partial charge < -0.3 is 4.74 Å². The van der Waals surface area contributed by atoms with E-state index in [1.807, 2.05) is 5.57 Å². The van der Waals surface area contributed by atoms with Gasteiger partial charge in [0.05, 0.1) is 11.7 Å². The lowest BCUT2D eigenvalue weighted by Gasteiger charge is -2.52. The third-order valence-corrected chi connectivity index (χ3v) is 12.9. The third kappa shape index (κ3) is 3.92. The summed E-state index contributed by atoms with van der Waals surface area (Å²) in [5.74, 6) is 4.80. The molecule has 3 saturated carbocycles. The number of fused-ring (bicyclic) bond motifs is 6. The predicted molar refractivity (Wildman–Crippen MR) is 153 cm³/mol. The zero-order valence-corrected chi connectivity index (χ0v) is 24.3. The van der Waals surface area contributed by atoms with Crippen LogP contribution in [0.15, 0.2) is 41.5 Å². The highest BCUT2D eigenvalue weighted by molar-refractivity contribution is 5.79. The van der Waals surface area contributed by atoms with E-state index in [0.29, 0.717) is 41.1 Å². The number of benzene rings is 1. The van der Waals surface area contributed by atoms with Crippen molar-refractivity contribution in [1.82, 2.24) is 4.90 Å². The first-order valence-electron chi connectivity index (χ1n) is 15.9. The van der Waals surface area contributed by atoms with E-state index in [1.54, 1.807) is 5.57 Å². The van der Waals surface area contributed by atoms with E-state index >= 15 is 0 Å². The van der Waals surface area contributed by atoms with Gasteiger partial charge in [-0.15, -0.1) is 0 Å². The van der Waals surface area contributed by atoms with Gasteiger partial charge in [-0.25, -0.2) is 0 Å². The summed E-state index contributed by atoms with van der Waals surface area (Å²) >= 11 is 0. The molecule has 0 radical (unpaired) electrons. The van der Waals surface area contributed by atoms with E-state index in [9.17, 15) is 4.79 Å². The molecule has 2 aliphatic heterocycles. The minimum absolute atomic E-state index is 0.00358. The number of carbonyl (C=O) groups excluding carboxylic acids is 1. The summed E-state index contributed by atoms with van der Waals surface area (Å²) in [4.78, 5) is 15.1. The molecule has 206 valence electrons. The summed E-state index contributed by atoms with van der Waals surface area (Å²) in [6.45, 7) is 12.2. The molecule has 3 nitrogen and oxygen atoms in total. The molecule has 0 N–H and O–H groups in total. The summed E-state index contributed by atoms with van der Waals surface area (Å²) in [7, 11) is 0. The summed E-state index contributed by atoms with van der Waals surface area (Å²) in [5.41, 5.74) is 5.30. The molecule has 1 spiro atoms. The fraction of sp³-hybridized carbons (Fsp3) is 0.743. The number of ether oxygens (including phenoxy) is 1. The van der Waals surface area contributed by atoms with Gasteiger partial charge in [-0.2, -0.15) is 0 Å². The third-order valence-electron chi connectivity index (χ3n) is 12.9. The van der Waals surface area contributed by atoms with E-state index in [1.165, 1.54) is 50.6 Å². The lowest BCUT2D eigenvalue weighted by atomic mass is 9.52. The molecule has 6 aliphatic rings. The van der Waals surface area contributed by atoms with Crippen LogP contribution in [-0.2, 0) is 16.1 Å². The second-order valence-corrected chi connectivity index (χ2v) is 14.9. The van der Waals surface area contributed by atoms with Crippen molar-refractivity contribution in [1.29, 1.82) is 0 Å². The smallest absolute Gasteiger partial charge is 0.133 e. The van der Waals surface area contributed by atoms with Crippen molar-refractivity contribution in [3.63, 3.8) is 0 Å². The lowest BCUT2D eigenvalue weighted by Crippen LogP contribution is -2.51. The van der Waals surface area contributed by atoms with Gasteiger partial charge in [-0.05, 0) is 98.9 Å². The maximum atomic E-state index is 12.3. The van der Waals surface area contributed by atoms with Gasteiger partial charge in [0.25, 0.3) is 0 Å². The molecule has 2 heterocycles. The number of piperidine rings is 1. The molecule has 38 heavy (non-hydrogen) atoms. The van der Waals surface area contributed by atoms with E-state index in [0.717, 1.165) is 50.0 Å². The second-order valence-electron chi connectivity index (χ2n) is 14.9. The van der Waals surface area contributed by atoms with Crippen LogP contribution >= 0.6 is 0 Å². The van der Waals surface area contributed by atoms with Crippen LogP contribution < -0.4 is 0 Å². The first-order valence-corrected chi connectivity index (χ1v) is 15.9. The Bertz CT molecular complexity index is 1110. The van der Waals surface area contributed by atoms with Crippen molar-refractivity contribution in [3.05, 3.63) is 47.0 Å². The van der Waals surface area contributed by atoms with Crippen molar-refractivity contribution in [2.75, 3.05) is 6.54 Å². The van der Waals surface area contributed by atoms with Crippen molar-refractivity contribution in [2.45, 2.75) is 116 Å². The zero-order valence-electron chi connectivity index (χ0n) is 24.3. The topological polar surface area (TPSA) is 29.5 Å². The molecule has 0 aromatic heterocycles. The Labute approximate surface area is 230 Å². The van der Waals surface area contributed by atoms with Crippen LogP contribution in [0, 0.1) is 40.9 Å². The molecule has 10 atom stereocenters. The second kappa shape index (κ2) is 9.30. The van der Waals surface area contributed by atoms with Crippen LogP contribution in [0.3, 0.4) is 0 Å². The van der Waals surface area contributed by atoms with Crippen LogP contribution in [0.2, 0.25) is 0 Å². The number of carbonyl (C=O) groups is 1. The molecular formula is C35H49NO2. The first-order chi connectivity index (χ1) is 18.3. The Kier molecular flexibility index (Phi) is 6.24. The Morgan fingerprint density at radius 2 is 1.87 bits per heavy atom. The SMILES string of the molecule is CC1=C2C[C@H]3[C@@H](CC[C@H]4CC(=O)CC[C@@]43C)[C@@H]2CC[C@@]2(C1)O[C@@H]1C[C@H](C)CN(Cc3ccccc3)[C@H]1[C@H]2C. The maximum absolute atomic E-state index is 12.3. The highest BCUT2D eigenvalue weighted by Gasteiger charge is 2.60. The fourth-order valence-electron chi connectivity index (χ4n) is 11.0. The minimum atomic E-state index is 0.00358. The summed E-state index contributed by atoms with van der Waals surface area (Å²) in [6, 6.07) is 11.6. The Hall–Kier alpha value is -1.45. The Morgan fingerprint density at radius 1 is 1.05 bits per heavy atom. The normalized spacial score (nSPS) is 46.9. The first kappa shape index (κ1) is 25.5. The van der Waals surface area contributed by atoms with Crippen LogP contribution in [0.1, 0.15) is 97.5 Å². The average Bonchev–Trinajstić information content (AvgIpc) is 3.35. The van der Waals surface area contributed by atoms with Crippen molar-refractivity contribution in [3.8, 4) is 0 Å². The molecule has 3 heteroatoms. The van der Waals surface area contributed by atoms with Gasteiger partial charge in [-0.1, -0.05) is 62.2 Å². The van der Waals surface area contributed by atoms with Gasteiger partial charge in [-0.3, -0.25) is 9.69 Å². The quantitative estimate of drug-likeness (QED) is 0.380. The molecule has 4 aliphatic carbocycles. The highest BCUT2D eigenvalue weighted by Crippen LogP contribution is 2.65. The standard InChI is InChI=1S/C35H49NO2/c1-22-16-32-33(36(20-22)21-25-8-6-5-7-9-25)24(3)35(38-32)15-13-28-29-11-10-26-17-27(37)12-14-34(26,4)31(29)18-30(28)23(2)19-35/h5-9,22,24,26,28-29,31-33H,10-21H2,1-4H3/t22-,24+,26-,28-,29-,31-,32+,33-,34-,35-/m0/s1. The van der Waals surface area contributed by atoms with Crippen LogP contribution in [0.25, 0.3) is 0 Å². The van der Waals surface area contributed by atoms with Crippen LogP contribution in [-0.4, -0.2) is 35.0 Å². The van der Waals surface area contributed by atoms with Gasteiger partial charge in [0, 0.05) is 37.9 Å². The molecule has 2 saturated heterocycles. The van der Waals surface area contributed by atoms with E-state index in [2.05, 4.69) is 62.9 Å². The summed E-state index contributed by atoms with van der Waals surface area (Å²) in [5, 5.41) is 0. The maximum Gasteiger partial charge on any atom is 0.133 e. The van der Waals surface area contributed by atoms with E-state index in [-0.39, 0.29) is 5.60 Å². The number of allylic oxidation sites excluding steroid dienone is 1. The highest BCUT2D eigenvalue weighted by atomic mass is 16.5. The predicted octanol–water partition coefficient (Wildman–Crippen LogP) is 7.59. The lowest BCUT2D eigenvalue weighted by molar-refractivity contribution is -0.129. The fourth-order valence-corrected chi connectivity index (χ4v) is 11.0. The van der Waals surface area contributed by atoms with E-state index < -0.39 is 0 Å². The number of Topliss-reactive ketones (excluding diaryl/α,β-unsaturated/α-hetero) is 1. The number of ketones is 1. The molecule has 0 amide bonds.